The maximum atomic E-state index is 10.5. The van der Waals surface area contributed by atoms with E-state index in [1.165, 1.54) is 0 Å². The Kier molecular flexibility index (Phi) is 3.59. The summed E-state index contributed by atoms with van der Waals surface area (Å²) in [5.74, 6) is -0.837. The lowest BCUT2D eigenvalue weighted by Gasteiger charge is -2.12. The molecule has 0 radical (unpaired) electrons. The molecule has 0 saturated heterocycles. The van der Waals surface area contributed by atoms with E-state index in [2.05, 4.69) is 0 Å². The van der Waals surface area contributed by atoms with Crippen LogP contribution in [-0.4, -0.2) is 15.6 Å². The normalized spacial score (nSPS) is 12.8. The third-order valence-corrected chi connectivity index (χ3v) is 3.38. The van der Waals surface area contributed by atoms with Crippen LogP contribution >= 0.6 is 11.6 Å². The summed E-state index contributed by atoms with van der Waals surface area (Å²) in [4.78, 5) is 10.5. The Hall–Kier alpha value is -1.52. The van der Waals surface area contributed by atoms with Crippen molar-refractivity contribution in [3.8, 4) is 0 Å². The largest absolute Gasteiger partial charge is 0.481 e. The molecule has 1 aromatic heterocycles. The zero-order chi connectivity index (χ0) is 13.3. The van der Waals surface area contributed by atoms with Crippen molar-refractivity contribution in [1.82, 2.24) is 4.57 Å². The van der Waals surface area contributed by atoms with E-state index < -0.39 is 5.97 Å². The first-order chi connectivity index (χ1) is 8.49. The fourth-order valence-electron chi connectivity index (χ4n) is 2.01. The van der Waals surface area contributed by atoms with Gasteiger partial charge >= 0.3 is 5.97 Å². The number of carboxylic acid groups (broad SMARTS) is 1. The fourth-order valence-corrected chi connectivity index (χ4v) is 2.29. The van der Waals surface area contributed by atoms with Crippen LogP contribution in [0.25, 0.3) is 10.9 Å². The van der Waals surface area contributed by atoms with Crippen molar-refractivity contribution < 1.29 is 9.90 Å². The van der Waals surface area contributed by atoms with Crippen LogP contribution in [0.3, 0.4) is 0 Å². The number of carbonyl (C=O) groups is 1. The number of rotatable bonds is 4. The van der Waals surface area contributed by atoms with Gasteiger partial charge in [0.15, 0.2) is 0 Å². The van der Waals surface area contributed by atoms with Gasteiger partial charge in [-0.3, -0.25) is 4.79 Å². The smallest absolute Gasteiger partial charge is 0.303 e. The van der Waals surface area contributed by atoms with Gasteiger partial charge in [-0.15, -0.1) is 0 Å². The van der Waals surface area contributed by atoms with Crippen LogP contribution in [0.5, 0.6) is 0 Å². The van der Waals surface area contributed by atoms with Crippen molar-refractivity contribution in [3.05, 3.63) is 35.0 Å². The molecular formula is C13H15ClN2O2. The maximum Gasteiger partial charge on any atom is 0.303 e. The highest BCUT2D eigenvalue weighted by Crippen LogP contribution is 2.29. The zero-order valence-electron chi connectivity index (χ0n) is 10.1. The van der Waals surface area contributed by atoms with E-state index in [1.807, 2.05) is 36.0 Å². The van der Waals surface area contributed by atoms with Crippen LogP contribution in [0.2, 0.25) is 5.02 Å². The molecule has 0 saturated carbocycles. The number of hydrogen-bond donors (Lipinski definition) is 2. The van der Waals surface area contributed by atoms with E-state index in [1.54, 1.807) is 0 Å². The summed E-state index contributed by atoms with van der Waals surface area (Å²) < 4.78 is 1.97. The van der Waals surface area contributed by atoms with Crippen molar-refractivity contribution >= 4 is 28.5 Å². The number of aryl methyl sites for hydroxylation is 1. The molecule has 0 aliphatic carbocycles. The summed E-state index contributed by atoms with van der Waals surface area (Å²) in [6, 6.07) is 5.42. The topological polar surface area (TPSA) is 68.2 Å². The molecule has 0 aliphatic heterocycles. The monoisotopic (exact) mass is 266 g/mol. The Morgan fingerprint density at radius 1 is 1.56 bits per heavy atom. The van der Waals surface area contributed by atoms with Crippen LogP contribution in [-0.2, 0) is 11.8 Å². The highest BCUT2D eigenvalue weighted by Gasteiger charge is 2.12. The quantitative estimate of drug-likeness (QED) is 0.894. The number of benzene rings is 1. The summed E-state index contributed by atoms with van der Waals surface area (Å²) >= 11 is 6.20. The summed E-state index contributed by atoms with van der Waals surface area (Å²) in [7, 11) is 1.94. The van der Waals surface area contributed by atoms with Crippen LogP contribution in [0.15, 0.2) is 24.4 Å². The molecule has 96 valence electrons. The van der Waals surface area contributed by atoms with E-state index in [9.17, 15) is 4.79 Å². The Morgan fingerprint density at radius 3 is 2.94 bits per heavy atom. The van der Waals surface area contributed by atoms with Crippen LogP contribution in [0, 0.1) is 0 Å². The van der Waals surface area contributed by atoms with Gasteiger partial charge < -0.3 is 15.4 Å². The molecule has 1 atom stereocenters. The predicted molar refractivity (Wildman–Crippen MR) is 71.7 cm³/mol. The zero-order valence-corrected chi connectivity index (χ0v) is 10.8. The van der Waals surface area contributed by atoms with Crippen molar-refractivity contribution in [3.63, 3.8) is 0 Å². The van der Waals surface area contributed by atoms with Crippen LogP contribution in [0.1, 0.15) is 24.4 Å². The minimum Gasteiger partial charge on any atom is -0.481 e. The molecule has 18 heavy (non-hydrogen) atoms. The third-order valence-electron chi connectivity index (χ3n) is 3.07. The van der Waals surface area contributed by atoms with Gasteiger partial charge in [-0.1, -0.05) is 11.6 Å². The first-order valence-corrected chi connectivity index (χ1v) is 6.08. The van der Waals surface area contributed by atoms with E-state index in [-0.39, 0.29) is 12.5 Å². The number of fused-ring (bicyclic) bond motifs is 1. The molecular weight excluding hydrogens is 252 g/mol. The summed E-state index contributed by atoms with van der Waals surface area (Å²) in [5.41, 5.74) is 7.86. The van der Waals surface area contributed by atoms with E-state index in [0.717, 1.165) is 16.5 Å². The molecule has 0 spiro atoms. The molecule has 1 unspecified atom stereocenters. The number of aromatic nitrogens is 1. The lowest BCUT2D eigenvalue weighted by Crippen LogP contribution is -2.12. The summed E-state index contributed by atoms with van der Waals surface area (Å²) in [5, 5.41) is 10.3. The number of nitrogens with two attached hydrogens (primary N) is 1. The number of carboxylic acids is 1. The number of nitrogens with zero attached hydrogens (tertiary/aromatic N) is 1. The van der Waals surface area contributed by atoms with Crippen molar-refractivity contribution in [1.29, 1.82) is 0 Å². The van der Waals surface area contributed by atoms with Gasteiger partial charge in [-0.25, -0.2) is 0 Å². The first-order valence-electron chi connectivity index (χ1n) is 5.71. The number of hydrogen-bond acceptors (Lipinski definition) is 2. The van der Waals surface area contributed by atoms with Gasteiger partial charge in [0.1, 0.15) is 0 Å². The standard InChI is InChI=1S/C13H15ClN2O2/c1-16-5-4-9-10(14)6-8(7-12(9)16)11(15)2-3-13(17)18/h4-7,11H,2-3,15H2,1H3,(H,17,18). The molecule has 0 bridgehead atoms. The average molecular weight is 267 g/mol. The first kappa shape index (κ1) is 12.9. The highest BCUT2D eigenvalue weighted by molar-refractivity contribution is 6.35. The van der Waals surface area contributed by atoms with E-state index in [0.29, 0.717) is 11.4 Å². The molecule has 3 N–H and O–H groups in total. The van der Waals surface area contributed by atoms with Gasteiger partial charge in [0.05, 0.1) is 5.02 Å². The summed E-state index contributed by atoms with van der Waals surface area (Å²) in [6.45, 7) is 0. The minimum atomic E-state index is -0.837. The second-order valence-electron chi connectivity index (χ2n) is 4.40. The Labute approximate surface area is 110 Å². The van der Waals surface area contributed by atoms with Gasteiger partial charge in [-0.05, 0) is 30.2 Å². The van der Waals surface area contributed by atoms with E-state index >= 15 is 0 Å². The molecule has 5 heteroatoms. The third kappa shape index (κ3) is 2.49. The van der Waals surface area contributed by atoms with Crippen molar-refractivity contribution in [2.45, 2.75) is 18.9 Å². The minimum absolute atomic E-state index is 0.0595. The van der Waals surface area contributed by atoms with Gasteiger partial charge in [-0.2, -0.15) is 0 Å². The second-order valence-corrected chi connectivity index (χ2v) is 4.81. The Bertz CT molecular complexity index is 592. The molecule has 0 fully saturated rings. The van der Waals surface area contributed by atoms with Crippen molar-refractivity contribution in [2.24, 2.45) is 12.8 Å². The van der Waals surface area contributed by atoms with Gasteiger partial charge in [0, 0.05) is 36.6 Å². The second kappa shape index (κ2) is 5.00. The van der Waals surface area contributed by atoms with E-state index in [4.69, 9.17) is 22.4 Å². The summed E-state index contributed by atoms with van der Waals surface area (Å²) in [6.07, 6.45) is 2.40. The number of aliphatic carboxylic acids is 1. The fraction of sp³-hybridized carbons (Fsp3) is 0.308. The molecule has 0 amide bonds. The highest BCUT2D eigenvalue weighted by atomic mass is 35.5. The molecule has 4 nitrogen and oxygen atoms in total. The SMILES string of the molecule is Cn1ccc2c(Cl)cc(C(N)CCC(=O)O)cc21. The van der Waals surface area contributed by atoms with Gasteiger partial charge in [0.25, 0.3) is 0 Å². The molecule has 2 rings (SSSR count). The van der Waals surface area contributed by atoms with Crippen LogP contribution in [0.4, 0.5) is 0 Å². The average Bonchev–Trinajstić information content (AvgIpc) is 2.68. The van der Waals surface area contributed by atoms with Crippen molar-refractivity contribution in [2.75, 3.05) is 0 Å². The molecule has 1 aromatic carbocycles. The number of halogens is 1. The lowest BCUT2D eigenvalue weighted by atomic mass is 10.0. The Morgan fingerprint density at radius 2 is 2.28 bits per heavy atom. The van der Waals surface area contributed by atoms with Gasteiger partial charge in [0.2, 0.25) is 0 Å². The Balaban J connectivity index is 2.33. The molecule has 2 aromatic rings. The maximum absolute atomic E-state index is 10.5. The van der Waals surface area contributed by atoms with Crippen LogP contribution < -0.4 is 5.73 Å². The molecule has 0 aliphatic rings. The lowest BCUT2D eigenvalue weighted by molar-refractivity contribution is -0.137. The predicted octanol–water partition coefficient (Wildman–Crippen LogP) is 2.70. The molecule has 1 heterocycles.